The number of hydrogen-bond acceptors (Lipinski definition) is 8. The summed E-state index contributed by atoms with van der Waals surface area (Å²) < 4.78 is 19.3. The van der Waals surface area contributed by atoms with Gasteiger partial charge in [0.2, 0.25) is 10.9 Å². The molecule has 8 nitrogen and oxygen atoms in total. The summed E-state index contributed by atoms with van der Waals surface area (Å²) in [6.45, 7) is 3.42. The summed E-state index contributed by atoms with van der Waals surface area (Å²) in [6.07, 6.45) is 0.696. The van der Waals surface area contributed by atoms with Gasteiger partial charge in [-0.2, -0.15) is 9.61 Å². The van der Waals surface area contributed by atoms with Gasteiger partial charge in [-0.05, 0) is 37.6 Å². The Balaban J connectivity index is 1.49. The van der Waals surface area contributed by atoms with E-state index in [2.05, 4.69) is 15.4 Å². The van der Waals surface area contributed by atoms with E-state index in [0.29, 0.717) is 22.8 Å². The maximum Gasteiger partial charge on any atom is 0.319 e. The minimum Gasteiger partial charge on any atom is -0.458 e. The van der Waals surface area contributed by atoms with Crippen LogP contribution >= 0.6 is 23.1 Å². The molecule has 0 bridgehead atoms. The molecule has 0 aliphatic heterocycles. The number of hydrogen-bond donors (Lipinski definition) is 1. The summed E-state index contributed by atoms with van der Waals surface area (Å²) in [5.74, 6) is -1.20. The van der Waals surface area contributed by atoms with Gasteiger partial charge in [-0.15, -0.1) is 11.8 Å². The highest BCUT2D eigenvalue weighted by Crippen LogP contribution is 2.16. The highest BCUT2D eigenvalue weighted by atomic mass is 32.2. The second-order valence-corrected chi connectivity index (χ2v) is 8.62. The SMILES string of the molecule is CCc1nn2c(=O)cc(COC(=O)[C@H](C)SCC(=O)Nc3ccc(F)cc3)nc2s1. The lowest BCUT2D eigenvalue weighted by Crippen LogP contribution is -2.22. The lowest BCUT2D eigenvalue weighted by molar-refractivity contribution is -0.144. The summed E-state index contributed by atoms with van der Waals surface area (Å²) in [5, 5.41) is 6.98. The largest absolute Gasteiger partial charge is 0.458 e. The number of anilines is 1. The third-order valence-electron chi connectivity index (χ3n) is 3.93. The highest BCUT2D eigenvalue weighted by Gasteiger charge is 2.18. The van der Waals surface area contributed by atoms with E-state index in [-0.39, 0.29) is 23.8 Å². The number of carbonyl (C=O) groups is 2. The average molecular weight is 451 g/mol. The van der Waals surface area contributed by atoms with E-state index < -0.39 is 17.0 Å². The molecule has 0 unspecified atom stereocenters. The molecule has 1 amide bonds. The second kappa shape index (κ2) is 9.81. The van der Waals surface area contributed by atoms with Gasteiger partial charge in [-0.1, -0.05) is 18.3 Å². The number of nitrogens with one attached hydrogen (secondary N) is 1. The molecule has 0 radical (unpaired) electrons. The van der Waals surface area contributed by atoms with Crippen LogP contribution in [0.25, 0.3) is 4.96 Å². The predicted molar refractivity (Wildman–Crippen MR) is 113 cm³/mol. The number of aryl methyl sites for hydroxylation is 1. The van der Waals surface area contributed by atoms with Crippen LogP contribution in [0.3, 0.4) is 0 Å². The molecule has 1 atom stereocenters. The fourth-order valence-corrected chi connectivity index (χ4v) is 3.91. The zero-order valence-electron chi connectivity index (χ0n) is 16.3. The van der Waals surface area contributed by atoms with Crippen LogP contribution < -0.4 is 10.9 Å². The summed E-state index contributed by atoms with van der Waals surface area (Å²) in [6, 6.07) is 6.68. The monoisotopic (exact) mass is 450 g/mol. The van der Waals surface area contributed by atoms with Crippen molar-refractivity contribution in [3.05, 3.63) is 57.2 Å². The summed E-state index contributed by atoms with van der Waals surface area (Å²) in [5.41, 5.74) is 0.479. The molecule has 0 fully saturated rings. The zero-order valence-corrected chi connectivity index (χ0v) is 17.9. The van der Waals surface area contributed by atoms with Gasteiger partial charge in [-0.3, -0.25) is 14.4 Å². The number of fused-ring (bicyclic) bond motifs is 1. The van der Waals surface area contributed by atoms with Crippen LogP contribution in [0, 0.1) is 5.82 Å². The molecule has 0 spiro atoms. The van der Waals surface area contributed by atoms with Gasteiger partial charge in [0.15, 0.2) is 0 Å². The Morgan fingerprint density at radius 2 is 2.07 bits per heavy atom. The molecule has 0 saturated heterocycles. The van der Waals surface area contributed by atoms with Crippen molar-refractivity contribution in [3.8, 4) is 0 Å². The van der Waals surface area contributed by atoms with Crippen molar-refractivity contribution in [2.24, 2.45) is 0 Å². The fourth-order valence-electron chi connectivity index (χ4n) is 2.37. The normalized spacial score (nSPS) is 12.0. The Kier molecular flexibility index (Phi) is 7.16. The van der Waals surface area contributed by atoms with Crippen LogP contribution in [0.15, 0.2) is 35.1 Å². The van der Waals surface area contributed by atoms with E-state index in [1.54, 1.807) is 6.92 Å². The Morgan fingerprint density at radius 1 is 1.33 bits per heavy atom. The van der Waals surface area contributed by atoms with Crippen molar-refractivity contribution in [1.29, 1.82) is 0 Å². The summed E-state index contributed by atoms with van der Waals surface area (Å²) >= 11 is 2.42. The first-order valence-electron chi connectivity index (χ1n) is 9.08. The van der Waals surface area contributed by atoms with Crippen molar-refractivity contribution in [2.75, 3.05) is 11.1 Å². The number of amides is 1. The third kappa shape index (κ3) is 5.63. The molecular weight excluding hydrogens is 431 g/mol. The zero-order chi connectivity index (χ0) is 21.7. The highest BCUT2D eigenvalue weighted by molar-refractivity contribution is 8.01. The topological polar surface area (TPSA) is 103 Å². The number of ether oxygens (including phenoxy) is 1. The van der Waals surface area contributed by atoms with Crippen LogP contribution in [-0.2, 0) is 27.4 Å². The van der Waals surface area contributed by atoms with Crippen molar-refractivity contribution in [1.82, 2.24) is 14.6 Å². The van der Waals surface area contributed by atoms with E-state index in [1.807, 2.05) is 6.92 Å². The van der Waals surface area contributed by atoms with Crippen LogP contribution in [0.5, 0.6) is 0 Å². The number of thioether (sulfide) groups is 1. The first-order valence-corrected chi connectivity index (χ1v) is 10.9. The lowest BCUT2D eigenvalue weighted by atomic mass is 10.3. The van der Waals surface area contributed by atoms with E-state index in [0.717, 1.165) is 16.8 Å². The van der Waals surface area contributed by atoms with Crippen LogP contribution in [0.1, 0.15) is 24.5 Å². The van der Waals surface area contributed by atoms with Gasteiger partial charge < -0.3 is 10.1 Å². The molecule has 0 saturated carbocycles. The molecule has 0 aliphatic rings. The van der Waals surface area contributed by atoms with Crippen molar-refractivity contribution in [2.45, 2.75) is 32.1 Å². The predicted octanol–water partition coefficient (Wildman–Crippen LogP) is 2.66. The van der Waals surface area contributed by atoms with Crippen LogP contribution in [0.2, 0.25) is 0 Å². The average Bonchev–Trinajstić information content (AvgIpc) is 3.16. The van der Waals surface area contributed by atoms with Gasteiger partial charge in [0.25, 0.3) is 5.56 Å². The molecular formula is C19H19FN4O4S2. The van der Waals surface area contributed by atoms with E-state index in [4.69, 9.17) is 4.74 Å². The number of aromatic nitrogens is 3. The smallest absolute Gasteiger partial charge is 0.319 e. The van der Waals surface area contributed by atoms with E-state index in [9.17, 15) is 18.8 Å². The van der Waals surface area contributed by atoms with E-state index >= 15 is 0 Å². The number of benzene rings is 1. The first-order chi connectivity index (χ1) is 14.4. The number of esters is 1. The Labute approximate surface area is 179 Å². The second-order valence-electron chi connectivity index (χ2n) is 6.25. The number of nitrogens with zero attached hydrogens (tertiary/aromatic N) is 3. The number of halogens is 1. The van der Waals surface area contributed by atoms with Crippen molar-refractivity contribution < 1.29 is 18.7 Å². The maximum absolute atomic E-state index is 12.9. The standard InChI is InChI=1S/C19H19FN4O4S2/c1-3-16-23-24-17(26)8-14(22-19(24)30-16)9-28-18(27)11(2)29-10-15(25)21-13-6-4-12(20)5-7-13/h4-8,11H,3,9-10H2,1-2H3,(H,21,25)/t11-/m0/s1. The molecule has 3 aromatic rings. The lowest BCUT2D eigenvalue weighted by Gasteiger charge is -2.11. The minimum absolute atomic E-state index is 0.0276. The molecule has 2 heterocycles. The van der Waals surface area contributed by atoms with Crippen molar-refractivity contribution in [3.63, 3.8) is 0 Å². The van der Waals surface area contributed by atoms with Crippen molar-refractivity contribution >= 4 is 45.6 Å². The van der Waals surface area contributed by atoms with Crippen LogP contribution in [0.4, 0.5) is 10.1 Å². The quantitative estimate of drug-likeness (QED) is 0.526. The molecule has 0 aliphatic carbocycles. The molecule has 3 rings (SSSR count). The Hall–Kier alpha value is -2.79. The molecule has 2 aromatic heterocycles. The van der Waals surface area contributed by atoms with E-state index in [1.165, 1.54) is 46.2 Å². The van der Waals surface area contributed by atoms with Crippen LogP contribution in [-0.4, -0.2) is 37.5 Å². The first kappa shape index (κ1) is 21.9. The Morgan fingerprint density at radius 3 is 2.77 bits per heavy atom. The maximum atomic E-state index is 12.9. The third-order valence-corrected chi connectivity index (χ3v) is 6.10. The molecule has 1 aromatic carbocycles. The summed E-state index contributed by atoms with van der Waals surface area (Å²) in [7, 11) is 0. The van der Waals surface area contributed by atoms with Gasteiger partial charge in [0, 0.05) is 11.8 Å². The van der Waals surface area contributed by atoms with Gasteiger partial charge in [0.05, 0.1) is 11.4 Å². The number of rotatable bonds is 8. The number of carbonyl (C=O) groups excluding carboxylic acids is 2. The molecule has 11 heteroatoms. The summed E-state index contributed by atoms with van der Waals surface area (Å²) in [4.78, 5) is 41.0. The van der Waals surface area contributed by atoms with Gasteiger partial charge >= 0.3 is 5.97 Å². The molecule has 30 heavy (non-hydrogen) atoms. The van der Waals surface area contributed by atoms with Gasteiger partial charge in [-0.25, -0.2) is 9.37 Å². The molecule has 158 valence electrons. The fraction of sp³-hybridized carbons (Fsp3) is 0.316. The minimum atomic E-state index is -0.594. The Bertz CT molecular complexity index is 1110. The molecule has 1 N–H and O–H groups in total. The van der Waals surface area contributed by atoms with Gasteiger partial charge in [0.1, 0.15) is 22.7 Å².